The Kier molecular flexibility index (Phi) is 2.95. The lowest BCUT2D eigenvalue weighted by molar-refractivity contribution is 0.433. The number of pyridine rings is 1. The second-order valence-corrected chi connectivity index (χ2v) is 4.45. The molecule has 0 atom stereocenters. The van der Waals surface area contributed by atoms with E-state index in [0.29, 0.717) is 22.5 Å². The first-order chi connectivity index (χ1) is 9.68. The molecule has 0 fully saturated rings. The van der Waals surface area contributed by atoms with Crippen molar-refractivity contribution in [3.8, 4) is 22.5 Å². The molecule has 2 N–H and O–H groups in total. The van der Waals surface area contributed by atoms with E-state index in [9.17, 15) is 4.39 Å². The highest BCUT2D eigenvalue weighted by Gasteiger charge is 2.20. The van der Waals surface area contributed by atoms with Gasteiger partial charge in [-0.05, 0) is 24.6 Å². The minimum atomic E-state index is -0.339. The van der Waals surface area contributed by atoms with Crippen molar-refractivity contribution in [1.29, 1.82) is 0 Å². The van der Waals surface area contributed by atoms with Gasteiger partial charge in [0.15, 0.2) is 11.6 Å². The second-order valence-electron chi connectivity index (χ2n) is 4.45. The predicted octanol–water partition coefficient (Wildman–Crippen LogP) is 3.43. The largest absolute Gasteiger partial charge is 0.380 e. The highest BCUT2D eigenvalue weighted by molar-refractivity contribution is 5.86. The summed E-state index contributed by atoms with van der Waals surface area (Å²) in [5.74, 6) is 0.194. The Bertz CT molecular complexity index is 753. The van der Waals surface area contributed by atoms with Crippen LogP contribution in [0.2, 0.25) is 0 Å². The van der Waals surface area contributed by atoms with Crippen LogP contribution in [0, 0.1) is 12.7 Å². The maximum atomic E-state index is 14.2. The zero-order valence-electron chi connectivity index (χ0n) is 10.8. The van der Waals surface area contributed by atoms with Gasteiger partial charge in [-0.15, -0.1) is 0 Å². The smallest absolute Gasteiger partial charge is 0.179 e. The van der Waals surface area contributed by atoms with Crippen molar-refractivity contribution in [2.24, 2.45) is 0 Å². The monoisotopic (exact) mass is 269 g/mol. The minimum Gasteiger partial charge on any atom is -0.380 e. The molecule has 0 radical (unpaired) electrons. The highest BCUT2D eigenvalue weighted by Crippen LogP contribution is 2.37. The van der Waals surface area contributed by atoms with Gasteiger partial charge in [0, 0.05) is 18.0 Å². The van der Waals surface area contributed by atoms with E-state index in [1.54, 1.807) is 43.6 Å². The third-order valence-corrected chi connectivity index (χ3v) is 3.11. The van der Waals surface area contributed by atoms with Crippen LogP contribution in [0.5, 0.6) is 0 Å². The third kappa shape index (κ3) is 1.93. The zero-order chi connectivity index (χ0) is 14.1. The van der Waals surface area contributed by atoms with Gasteiger partial charge >= 0.3 is 0 Å². The van der Waals surface area contributed by atoms with Gasteiger partial charge in [0.1, 0.15) is 5.82 Å². The number of benzene rings is 1. The molecule has 100 valence electrons. The van der Waals surface area contributed by atoms with Crippen molar-refractivity contribution >= 4 is 5.82 Å². The lowest BCUT2D eigenvalue weighted by Gasteiger charge is -2.05. The fourth-order valence-corrected chi connectivity index (χ4v) is 2.10. The van der Waals surface area contributed by atoms with Gasteiger partial charge in [-0.2, -0.15) is 0 Å². The predicted molar refractivity (Wildman–Crippen MR) is 74.3 cm³/mol. The van der Waals surface area contributed by atoms with Crippen LogP contribution < -0.4 is 5.73 Å². The molecule has 2 heterocycles. The second kappa shape index (κ2) is 4.77. The number of aryl methyl sites for hydroxylation is 1. The normalized spacial score (nSPS) is 10.7. The molecule has 0 aliphatic heterocycles. The first kappa shape index (κ1) is 12.3. The van der Waals surface area contributed by atoms with Gasteiger partial charge in [0.25, 0.3) is 0 Å². The van der Waals surface area contributed by atoms with Gasteiger partial charge in [0.05, 0.1) is 11.1 Å². The maximum absolute atomic E-state index is 14.2. The molecule has 0 bridgehead atoms. The number of nitrogen functional groups attached to an aromatic ring is 1. The molecule has 0 spiro atoms. The van der Waals surface area contributed by atoms with Crippen molar-refractivity contribution < 1.29 is 8.91 Å². The number of nitrogens with zero attached hydrogens (tertiary/aromatic N) is 2. The molecule has 0 saturated carbocycles. The molecular formula is C15H12FN3O. The number of nitrogens with two attached hydrogens (primary N) is 1. The molecule has 2 aromatic heterocycles. The standard InChI is InChI=1S/C15H12FN3O/c1-9-4-2-6-11(13(9)16)14-12(15(17)19-20-14)10-5-3-7-18-8-10/h2-8H,1H3,(H2,17,19). The molecular weight excluding hydrogens is 257 g/mol. The van der Waals surface area contributed by atoms with Gasteiger partial charge in [-0.25, -0.2) is 4.39 Å². The van der Waals surface area contributed by atoms with Crippen molar-refractivity contribution in [2.45, 2.75) is 6.92 Å². The van der Waals surface area contributed by atoms with Gasteiger partial charge in [-0.3, -0.25) is 4.98 Å². The summed E-state index contributed by atoms with van der Waals surface area (Å²) in [6.45, 7) is 1.70. The number of hydrogen-bond acceptors (Lipinski definition) is 4. The van der Waals surface area contributed by atoms with E-state index in [4.69, 9.17) is 10.3 Å². The molecule has 4 nitrogen and oxygen atoms in total. The summed E-state index contributed by atoms with van der Waals surface area (Å²) in [6, 6.07) is 8.70. The summed E-state index contributed by atoms with van der Waals surface area (Å²) in [7, 11) is 0. The van der Waals surface area contributed by atoms with E-state index in [0.717, 1.165) is 5.56 Å². The van der Waals surface area contributed by atoms with E-state index in [-0.39, 0.29) is 11.6 Å². The van der Waals surface area contributed by atoms with E-state index < -0.39 is 0 Å². The Morgan fingerprint density at radius 3 is 2.80 bits per heavy atom. The first-order valence-corrected chi connectivity index (χ1v) is 6.09. The summed E-state index contributed by atoms with van der Waals surface area (Å²) in [6.07, 6.45) is 3.29. The van der Waals surface area contributed by atoms with Crippen LogP contribution in [0.4, 0.5) is 10.2 Å². The number of aromatic nitrogens is 2. The molecule has 0 aliphatic rings. The Labute approximate surface area is 115 Å². The topological polar surface area (TPSA) is 64.9 Å². The molecule has 3 rings (SSSR count). The van der Waals surface area contributed by atoms with Gasteiger partial charge < -0.3 is 10.3 Å². The lowest BCUT2D eigenvalue weighted by atomic mass is 10.0. The Morgan fingerprint density at radius 1 is 1.20 bits per heavy atom. The van der Waals surface area contributed by atoms with Crippen LogP contribution in [0.3, 0.4) is 0 Å². The van der Waals surface area contributed by atoms with Crippen molar-refractivity contribution in [2.75, 3.05) is 5.73 Å². The van der Waals surface area contributed by atoms with Crippen LogP contribution in [-0.4, -0.2) is 10.1 Å². The molecule has 20 heavy (non-hydrogen) atoms. The van der Waals surface area contributed by atoms with Crippen LogP contribution in [0.15, 0.2) is 47.2 Å². The number of anilines is 1. The number of hydrogen-bond donors (Lipinski definition) is 1. The molecule has 0 amide bonds. The van der Waals surface area contributed by atoms with E-state index >= 15 is 0 Å². The fraction of sp³-hybridized carbons (Fsp3) is 0.0667. The van der Waals surface area contributed by atoms with E-state index in [1.165, 1.54) is 0 Å². The highest BCUT2D eigenvalue weighted by atomic mass is 19.1. The number of rotatable bonds is 2. The fourth-order valence-electron chi connectivity index (χ4n) is 2.10. The molecule has 5 heteroatoms. The van der Waals surface area contributed by atoms with Crippen molar-refractivity contribution in [3.63, 3.8) is 0 Å². The first-order valence-electron chi connectivity index (χ1n) is 6.09. The molecule has 0 unspecified atom stereocenters. The van der Waals surface area contributed by atoms with Crippen LogP contribution in [0.25, 0.3) is 22.5 Å². The summed E-state index contributed by atoms with van der Waals surface area (Å²) >= 11 is 0. The van der Waals surface area contributed by atoms with Gasteiger partial charge in [-0.1, -0.05) is 23.4 Å². The summed E-state index contributed by atoms with van der Waals surface area (Å²) in [5, 5.41) is 3.75. The third-order valence-electron chi connectivity index (χ3n) is 3.11. The SMILES string of the molecule is Cc1cccc(-c2onc(N)c2-c2cccnc2)c1F. The summed E-state index contributed by atoms with van der Waals surface area (Å²) < 4.78 is 19.5. The average molecular weight is 269 g/mol. The Morgan fingerprint density at radius 2 is 2.05 bits per heavy atom. The van der Waals surface area contributed by atoms with Crippen molar-refractivity contribution in [1.82, 2.24) is 10.1 Å². The molecule has 0 aliphatic carbocycles. The summed E-state index contributed by atoms with van der Waals surface area (Å²) in [4.78, 5) is 4.04. The van der Waals surface area contributed by atoms with Crippen LogP contribution >= 0.6 is 0 Å². The maximum Gasteiger partial charge on any atom is 0.179 e. The molecule has 1 aromatic carbocycles. The quantitative estimate of drug-likeness (QED) is 0.774. The molecule has 0 saturated heterocycles. The van der Waals surface area contributed by atoms with Crippen LogP contribution in [0.1, 0.15) is 5.56 Å². The van der Waals surface area contributed by atoms with Gasteiger partial charge in [0.2, 0.25) is 0 Å². The summed E-state index contributed by atoms with van der Waals surface area (Å²) in [5.41, 5.74) is 8.02. The van der Waals surface area contributed by atoms with Crippen LogP contribution in [-0.2, 0) is 0 Å². The number of halogens is 1. The average Bonchev–Trinajstić information content (AvgIpc) is 2.84. The van der Waals surface area contributed by atoms with Crippen molar-refractivity contribution in [3.05, 3.63) is 54.1 Å². The Balaban J connectivity index is 2.24. The lowest BCUT2D eigenvalue weighted by Crippen LogP contribution is -1.91. The Hall–Kier alpha value is -2.69. The molecule has 3 aromatic rings. The zero-order valence-corrected chi connectivity index (χ0v) is 10.8. The van der Waals surface area contributed by atoms with E-state index in [2.05, 4.69) is 10.1 Å². The van der Waals surface area contributed by atoms with E-state index in [1.807, 2.05) is 6.07 Å². The minimum absolute atomic E-state index is 0.217.